The van der Waals surface area contributed by atoms with E-state index in [4.69, 9.17) is 9.47 Å². The molecule has 0 N–H and O–H groups in total. The molecule has 0 amide bonds. The highest BCUT2D eigenvalue weighted by Gasteiger charge is 2.49. The summed E-state index contributed by atoms with van der Waals surface area (Å²) < 4.78 is 8.61. The third-order valence-corrected chi connectivity index (χ3v) is 5.61. The highest BCUT2D eigenvalue weighted by molar-refractivity contribution is 8.02. The number of benzene rings is 1. The van der Waals surface area contributed by atoms with Crippen LogP contribution in [0.5, 0.6) is 0 Å². The molecular weight excluding hydrogens is 336 g/mol. The second-order valence-corrected chi connectivity index (χ2v) is 7.17. The minimum Gasteiger partial charge on any atom is -0.468 e. The van der Waals surface area contributed by atoms with Crippen molar-refractivity contribution in [1.82, 2.24) is 0 Å². The van der Waals surface area contributed by atoms with Gasteiger partial charge >= 0.3 is 11.9 Å². The summed E-state index contributed by atoms with van der Waals surface area (Å²) in [4.78, 5) is 25.3. The minimum absolute atomic E-state index is 0.245. The van der Waals surface area contributed by atoms with E-state index in [1.54, 1.807) is 0 Å². The van der Waals surface area contributed by atoms with Crippen molar-refractivity contribution in [1.29, 1.82) is 0 Å². The lowest BCUT2D eigenvalue weighted by atomic mass is 9.92. The van der Waals surface area contributed by atoms with Gasteiger partial charge in [-0.1, -0.05) is 48.6 Å². The van der Waals surface area contributed by atoms with E-state index in [1.807, 2.05) is 30.3 Å². The van der Waals surface area contributed by atoms with E-state index in [0.29, 0.717) is 5.75 Å². The second-order valence-electron chi connectivity index (χ2n) is 5.78. The van der Waals surface area contributed by atoms with E-state index in [1.165, 1.54) is 26.0 Å². The average Bonchev–Trinajstić information content (AvgIpc) is 2.71. The molecule has 1 aliphatic heterocycles. The predicted octanol–water partition coefficient (Wildman–Crippen LogP) is 4.02. The molecule has 0 saturated heterocycles. The van der Waals surface area contributed by atoms with E-state index < -0.39 is 16.7 Å². The van der Waals surface area contributed by atoms with E-state index in [2.05, 4.69) is 18.2 Å². The summed E-state index contributed by atoms with van der Waals surface area (Å²) in [5.74, 6) is -0.437. The van der Waals surface area contributed by atoms with Gasteiger partial charge in [0, 0.05) is 6.42 Å². The van der Waals surface area contributed by atoms with Crippen LogP contribution in [-0.4, -0.2) is 36.7 Å². The Morgan fingerprint density at radius 2 is 1.72 bits per heavy atom. The van der Waals surface area contributed by atoms with E-state index in [9.17, 15) is 9.59 Å². The van der Waals surface area contributed by atoms with Crippen LogP contribution in [0.2, 0.25) is 0 Å². The summed E-state index contributed by atoms with van der Waals surface area (Å²) in [5, 5.41) is 0. The smallest absolute Gasteiger partial charge is 0.333 e. The Morgan fingerprint density at radius 3 is 2.36 bits per heavy atom. The quantitative estimate of drug-likeness (QED) is 0.463. The Labute approximate surface area is 153 Å². The molecule has 25 heavy (non-hydrogen) atoms. The summed E-state index contributed by atoms with van der Waals surface area (Å²) in [5.41, 5.74) is 1.93. The fraction of sp³-hybridized carbons (Fsp3) is 0.400. The van der Waals surface area contributed by atoms with Crippen LogP contribution in [0, 0.1) is 0 Å². The maximum absolute atomic E-state index is 12.6. The maximum atomic E-state index is 12.6. The maximum Gasteiger partial charge on any atom is 0.333 e. The van der Waals surface area contributed by atoms with Crippen molar-refractivity contribution in [2.45, 2.75) is 30.4 Å². The third kappa shape index (κ3) is 4.75. The summed E-state index contributed by atoms with van der Waals surface area (Å²) in [6, 6.07) is 9.81. The molecule has 0 atom stereocenters. The van der Waals surface area contributed by atoms with Gasteiger partial charge in [0.25, 0.3) is 0 Å². The first-order chi connectivity index (χ1) is 12.1. The molecule has 0 spiro atoms. The van der Waals surface area contributed by atoms with Crippen molar-refractivity contribution >= 4 is 29.3 Å². The number of carbonyl (C=O) groups excluding carboxylic acids is 2. The van der Waals surface area contributed by atoms with Crippen molar-refractivity contribution in [2.24, 2.45) is 0 Å². The van der Waals surface area contributed by atoms with Gasteiger partial charge in [0.2, 0.25) is 4.75 Å². The topological polar surface area (TPSA) is 52.6 Å². The lowest BCUT2D eigenvalue weighted by Crippen LogP contribution is -2.46. The Bertz CT molecular complexity index is 633. The zero-order chi connectivity index (χ0) is 18.1. The lowest BCUT2D eigenvalue weighted by Gasteiger charge is -2.29. The molecule has 0 radical (unpaired) electrons. The van der Waals surface area contributed by atoms with Crippen molar-refractivity contribution in [2.75, 3.05) is 20.0 Å². The molecular formula is C20H24O4S. The Morgan fingerprint density at radius 1 is 1.04 bits per heavy atom. The third-order valence-electron chi connectivity index (χ3n) is 4.14. The first kappa shape index (κ1) is 19.3. The SMILES string of the molecule is COC(=O)C1(C(=O)OC)C/C(c2ccccc2)=C/C/C=C/CCCS1. The summed E-state index contributed by atoms with van der Waals surface area (Å²) in [6.45, 7) is 0. The van der Waals surface area contributed by atoms with Gasteiger partial charge in [-0.25, -0.2) is 9.59 Å². The predicted molar refractivity (Wildman–Crippen MR) is 101 cm³/mol. The number of ether oxygens (including phenoxy) is 2. The number of esters is 2. The van der Waals surface area contributed by atoms with Crippen LogP contribution in [-0.2, 0) is 19.1 Å². The highest BCUT2D eigenvalue weighted by Crippen LogP contribution is 2.39. The van der Waals surface area contributed by atoms with Crippen molar-refractivity contribution in [3.05, 3.63) is 54.1 Å². The molecule has 2 rings (SSSR count). The van der Waals surface area contributed by atoms with Crippen LogP contribution in [0.1, 0.15) is 31.2 Å². The summed E-state index contributed by atoms with van der Waals surface area (Å²) in [7, 11) is 2.62. The highest BCUT2D eigenvalue weighted by atomic mass is 32.2. The molecule has 1 heterocycles. The number of hydrogen-bond donors (Lipinski definition) is 0. The van der Waals surface area contributed by atoms with Gasteiger partial charge in [-0.2, -0.15) is 0 Å². The van der Waals surface area contributed by atoms with Gasteiger partial charge in [-0.05, 0) is 36.2 Å². The van der Waals surface area contributed by atoms with Crippen LogP contribution >= 0.6 is 11.8 Å². The van der Waals surface area contributed by atoms with Crippen molar-refractivity contribution in [3.8, 4) is 0 Å². The number of hydrogen-bond acceptors (Lipinski definition) is 5. The zero-order valence-electron chi connectivity index (χ0n) is 14.7. The standard InChI is InChI=1S/C20H24O4S/c1-23-18(21)20(19(22)24-2)15-17(16-11-8-6-9-12-16)13-7-4-3-5-10-14-25-20/h3-4,6,8-9,11-13H,5,7,10,14-15H2,1-2H3/b4-3+,17-13-. The molecule has 1 aromatic carbocycles. The fourth-order valence-electron chi connectivity index (χ4n) is 2.81. The van der Waals surface area contributed by atoms with Gasteiger partial charge < -0.3 is 9.47 Å². The number of rotatable bonds is 3. The van der Waals surface area contributed by atoms with Crippen LogP contribution in [0.3, 0.4) is 0 Å². The van der Waals surface area contributed by atoms with E-state index in [0.717, 1.165) is 30.4 Å². The molecule has 0 unspecified atom stereocenters. The molecule has 4 nitrogen and oxygen atoms in total. The molecule has 0 aromatic heterocycles. The monoisotopic (exact) mass is 360 g/mol. The van der Waals surface area contributed by atoms with Crippen molar-refractivity contribution in [3.63, 3.8) is 0 Å². The number of thioether (sulfide) groups is 1. The van der Waals surface area contributed by atoms with Gasteiger partial charge in [-0.3, -0.25) is 0 Å². The molecule has 0 saturated carbocycles. The molecule has 0 fully saturated rings. The number of methoxy groups -OCH3 is 2. The Hall–Kier alpha value is -2.01. The van der Waals surface area contributed by atoms with E-state index >= 15 is 0 Å². The molecule has 5 heteroatoms. The van der Waals surface area contributed by atoms with Crippen LogP contribution in [0.15, 0.2) is 48.6 Å². The second kappa shape index (κ2) is 9.47. The average molecular weight is 360 g/mol. The van der Waals surface area contributed by atoms with Crippen LogP contribution in [0.25, 0.3) is 5.57 Å². The lowest BCUT2D eigenvalue weighted by molar-refractivity contribution is -0.155. The van der Waals surface area contributed by atoms with Gasteiger partial charge in [0.05, 0.1) is 14.2 Å². The van der Waals surface area contributed by atoms with Gasteiger partial charge in [-0.15, -0.1) is 11.8 Å². The summed E-state index contributed by atoms with van der Waals surface area (Å²) in [6.07, 6.45) is 9.14. The first-order valence-corrected chi connectivity index (χ1v) is 9.33. The fourth-order valence-corrected chi connectivity index (χ4v) is 4.13. The van der Waals surface area contributed by atoms with Gasteiger partial charge in [0.1, 0.15) is 0 Å². The van der Waals surface area contributed by atoms with E-state index in [-0.39, 0.29) is 6.42 Å². The molecule has 0 aliphatic carbocycles. The number of carbonyl (C=O) groups is 2. The first-order valence-electron chi connectivity index (χ1n) is 8.34. The van der Waals surface area contributed by atoms with Crippen LogP contribution in [0.4, 0.5) is 0 Å². The zero-order valence-corrected chi connectivity index (χ0v) is 15.5. The summed E-state index contributed by atoms with van der Waals surface area (Å²) >= 11 is 1.32. The largest absolute Gasteiger partial charge is 0.468 e. The molecule has 134 valence electrons. The Balaban J connectivity index is 2.49. The number of allylic oxidation sites excluding steroid dienone is 4. The van der Waals surface area contributed by atoms with Crippen molar-refractivity contribution < 1.29 is 19.1 Å². The Kier molecular flexibility index (Phi) is 7.31. The minimum atomic E-state index is -1.38. The molecule has 1 aliphatic rings. The molecule has 1 aromatic rings. The normalized spacial score (nSPS) is 21.1. The van der Waals surface area contributed by atoms with Gasteiger partial charge in [0.15, 0.2) is 0 Å². The molecule has 0 bridgehead atoms. The van der Waals surface area contributed by atoms with Crippen LogP contribution < -0.4 is 0 Å².